The summed E-state index contributed by atoms with van der Waals surface area (Å²) < 4.78 is 1.62. The quantitative estimate of drug-likeness (QED) is 0.407. The van der Waals surface area contributed by atoms with E-state index >= 15 is 0 Å². The Kier molecular flexibility index (Phi) is 6.46. The second-order valence-electron chi connectivity index (χ2n) is 8.58. The van der Waals surface area contributed by atoms with Crippen molar-refractivity contribution in [3.8, 4) is 0 Å². The van der Waals surface area contributed by atoms with Crippen molar-refractivity contribution < 1.29 is 14.7 Å². The van der Waals surface area contributed by atoms with E-state index in [9.17, 15) is 14.7 Å². The largest absolute Gasteiger partial charge is 0.399 e. The third-order valence-electron chi connectivity index (χ3n) is 6.28. The number of benzene rings is 2. The topological polar surface area (TPSA) is 101 Å². The van der Waals surface area contributed by atoms with Crippen LogP contribution in [0.15, 0.2) is 60.8 Å². The maximum absolute atomic E-state index is 12.7. The minimum absolute atomic E-state index is 0.0420. The van der Waals surface area contributed by atoms with Gasteiger partial charge in [0.2, 0.25) is 0 Å². The molecule has 0 spiro atoms. The van der Waals surface area contributed by atoms with Gasteiger partial charge in [-0.25, -0.2) is 4.79 Å². The molecule has 2 amide bonds. The molecule has 32 heavy (non-hydrogen) atoms. The number of amides is 2. The number of para-hydroxylation sites is 1. The number of aromatic nitrogens is 1. The molecule has 1 saturated heterocycles. The van der Waals surface area contributed by atoms with Gasteiger partial charge in [-0.1, -0.05) is 24.3 Å². The zero-order valence-corrected chi connectivity index (χ0v) is 18.2. The molecule has 1 aromatic heterocycles. The van der Waals surface area contributed by atoms with Crippen molar-refractivity contribution in [1.29, 1.82) is 0 Å². The number of aliphatic hydroxyl groups is 1. The van der Waals surface area contributed by atoms with E-state index in [0.717, 1.165) is 23.7 Å². The SMILES string of the molecule is Nc1cccc(C(=O)N2CCC(O)(CCCCNC(=O)n3ccc4ccccc43)CC2)c1. The van der Waals surface area contributed by atoms with Gasteiger partial charge < -0.3 is 21.1 Å². The van der Waals surface area contributed by atoms with Crippen molar-refractivity contribution >= 4 is 28.5 Å². The molecule has 0 bridgehead atoms. The predicted molar refractivity (Wildman–Crippen MR) is 126 cm³/mol. The van der Waals surface area contributed by atoms with Crippen LogP contribution in [0, 0.1) is 0 Å². The average Bonchev–Trinajstić information content (AvgIpc) is 3.23. The van der Waals surface area contributed by atoms with Gasteiger partial charge in [-0.3, -0.25) is 9.36 Å². The number of nitrogens with two attached hydrogens (primary N) is 1. The van der Waals surface area contributed by atoms with Gasteiger partial charge >= 0.3 is 6.03 Å². The average molecular weight is 435 g/mol. The summed E-state index contributed by atoms with van der Waals surface area (Å²) in [6.07, 6.45) is 5.16. The van der Waals surface area contributed by atoms with Crippen molar-refractivity contribution in [3.05, 3.63) is 66.4 Å². The highest BCUT2D eigenvalue weighted by molar-refractivity contribution is 5.95. The first-order valence-electron chi connectivity index (χ1n) is 11.2. The Labute approximate surface area is 187 Å². The molecule has 2 heterocycles. The van der Waals surface area contributed by atoms with Crippen LogP contribution in [0.25, 0.3) is 10.9 Å². The van der Waals surface area contributed by atoms with Crippen LogP contribution in [0.3, 0.4) is 0 Å². The Hall–Kier alpha value is -3.32. The molecule has 0 radical (unpaired) electrons. The second-order valence-corrected chi connectivity index (χ2v) is 8.58. The van der Waals surface area contributed by atoms with Crippen LogP contribution in [-0.2, 0) is 0 Å². The number of nitrogens with one attached hydrogen (secondary N) is 1. The molecule has 0 unspecified atom stereocenters. The lowest BCUT2D eigenvalue weighted by Crippen LogP contribution is -2.46. The molecular weight excluding hydrogens is 404 g/mol. The summed E-state index contributed by atoms with van der Waals surface area (Å²) in [5.74, 6) is -0.0420. The molecule has 4 N–H and O–H groups in total. The van der Waals surface area contributed by atoms with E-state index in [4.69, 9.17) is 5.73 Å². The summed E-state index contributed by atoms with van der Waals surface area (Å²) in [6, 6.07) is 16.6. The zero-order chi connectivity index (χ0) is 22.6. The van der Waals surface area contributed by atoms with Crippen molar-refractivity contribution in [3.63, 3.8) is 0 Å². The number of fused-ring (bicyclic) bond motifs is 1. The van der Waals surface area contributed by atoms with Crippen LogP contribution in [0.2, 0.25) is 0 Å². The minimum Gasteiger partial charge on any atom is -0.399 e. The van der Waals surface area contributed by atoms with Crippen LogP contribution in [0.1, 0.15) is 42.5 Å². The highest BCUT2D eigenvalue weighted by atomic mass is 16.3. The fraction of sp³-hybridized carbons (Fsp3) is 0.360. The van der Waals surface area contributed by atoms with Gasteiger partial charge in [0.05, 0.1) is 11.1 Å². The number of unbranched alkanes of at least 4 members (excludes halogenated alkanes) is 1. The highest BCUT2D eigenvalue weighted by Crippen LogP contribution is 2.28. The van der Waals surface area contributed by atoms with E-state index in [2.05, 4.69) is 5.32 Å². The standard InChI is InChI=1S/C25H30N4O3/c26-21-8-5-7-20(18-21)23(30)28-16-12-25(32,13-17-28)11-3-4-14-27-24(31)29-15-10-19-6-1-2-9-22(19)29/h1-2,5-10,15,18,32H,3-4,11-14,16-17,26H2,(H,27,31). The molecule has 1 aliphatic rings. The summed E-state index contributed by atoms with van der Waals surface area (Å²) in [5.41, 5.74) is 7.07. The summed E-state index contributed by atoms with van der Waals surface area (Å²) in [5, 5.41) is 14.9. The first-order chi connectivity index (χ1) is 15.5. The molecule has 0 aliphatic carbocycles. The Morgan fingerprint density at radius 2 is 1.81 bits per heavy atom. The van der Waals surface area contributed by atoms with Crippen LogP contribution in [0.5, 0.6) is 0 Å². The van der Waals surface area contributed by atoms with Gasteiger partial charge in [0.1, 0.15) is 0 Å². The maximum Gasteiger partial charge on any atom is 0.326 e. The lowest BCUT2D eigenvalue weighted by Gasteiger charge is -2.38. The number of hydrogen-bond acceptors (Lipinski definition) is 4. The van der Waals surface area contributed by atoms with Crippen molar-refractivity contribution in [1.82, 2.24) is 14.8 Å². The Morgan fingerprint density at radius 1 is 1.03 bits per heavy atom. The molecule has 0 atom stereocenters. The van der Waals surface area contributed by atoms with Crippen molar-refractivity contribution in [2.75, 3.05) is 25.4 Å². The maximum atomic E-state index is 12.7. The molecule has 0 saturated carbocycles. The zero-order valence-electron chi connectivity index (χ0n) is 18.2. The molecular formula is C25H30N4O3. The first kappa shape index (κ1) is 21.9. The number of likely N-dealkylation sites (tertiary alicyclic amines) is 1. The van der Waals surface area contributed by atoms with Gasteiger partial charge in [0.25, 0.3) is 5.91 Å². The summed E-state index contributed by atoms with van der Waals surface area (Å²) in [4.78, 5) is 26.9. The number of piperidine rings is 1. The molecule has 3 aromatic rings. The molecule has 7 heteroatoms. The van der Waals surface area contributed by atoms with Gasteiger partial charge in [0.15, 0.2) is 0 Å². The number of carbonyl (C=O) groups excluding carboxylic acids is 2. The monoisotopic (exact) mass is 434 g/mol. The van der Waals surface area contributed by atoms with E-state index in [1.54, 1.807) is 39.9 Å². The number of nitrogen functional groups attached to an aromatic ring is 1. The van der Waals surface area contributed by atoms with Gasteiger partial charge in [-0.2, -0.15) is 0 Å². The van der Waals surface area contributed by atoms with Crippen molar-refractivity contribution in [2.45, 2.75) is 37.7 Å². The normalized spacial score (nSPS) is 15.6. The predicted octanol–water partition coefficient (Wildman–Crippen LogP) is 3.62. The van der Waals surface area contributed by atoms with Crippen molar-refractivity contribution in [2.24, 2.45) is 0 Å². The van der Waals surface area contributed by atoms with Crippen LogP contribution >= 0.6 is 0 Å². The Bertz CT molecular complexity index is 1100. The third kappa shape index (κ3) is 4.94. The summed E-state index contributed by atoms with van der Waals surface area (Å²) >= 11 is 0. The van der Waals surface area contributed by atoms with E-state index in [1.807, 2.05) is 30.3 Å². The molecule has 1 aliphatic heterocycles. The van der Waals surface area contributed by atoms with E-state index < -0.39 is 5.60 Å². The Morgan fingerprint density at radius 3 is 2.59 bits per heavy atom. The van der Waals surface area contributed by atoms with E-state index in [-0.39, 0.29) is 11.9 Å². The molecule has 4 rings (SSSR count). The van der Waals surface area contributed by atoms with Crippen LogP contribution < -0.4 is 11.1 Å². The smallest absolute Gasteiger partial charge is 0.326 e. The minimum atomic E-state index is -0.757. The van der Waals surface area contributed by atoms with E-state index in [0.29, 0.717) is 50.1 Å². The highest BCUT2D eigenvalue weighted by Gasteiger charge is 2.33. The Balaban J connectivity index is 1.19. The van der Waals surface area contributed by atoms with Crippen LogP contribution in [-0.4, -0.2) is 51.7 Å². The fourth-order valence-electron chi connectivity index (χ4n) is 4.35. The number of carbonyl (C=O) groups is 2. The lowest BCUT2D eigenvalue weighted by molar-refractivity contribution is -0.0244. The third-order valence-corrected chi connectivity index (χ3v) is 6.28. The van der Waals surface area contributed by atoms with E-state index in [1.165, 1.54) is 0 Å². The van der Waals surface area contributed by atoms with Crippen LogP contribution in [0.4, 0.5) is 10.5 Å². The van der Waals surface area contributed by atoms with Gasteiger partial charge in [-0.15, -0.1) is 0 Å². The molecule has 2 aromatic carbocycles. The number of anilines is 1. The number of hydrogen-bond donors (Lipinski definition) is 3. The first-order valence-corrected chi connectivity index (χ1v) is 11.2. The molecule has 1 fully saturated rings. The number of rotatable bonds is 6. The molecule has 168 valence electrons. The lowest BCUT2D eigenvalue weighted by atomic mass is 9.86. The fourth-order valence-corrected chi connectivity index (χ4v) is 4.35. The van der Waals surface area contributed by atoms with Gasteiger partial charge in [-0.05, 0) is 62.4 Å². The number of nitrogens with zero attached hydrogens (tertiary/aromatic N) is 2. The summed E-state index contributed by atoms with van der Waals surface area (Å²) in [7, 11) is 0. The van der Waals surface area contributed by atoms with Gasteiger partial charge in [0, 0.05) is 42.5 Å². The summed E-state index contributed by atoms with van der Waals surface area (Å²) in [6.45, 7) is 1.62. The molecule has 7 nitrogen and oxygen atoms in total. The second kappa shape index (κ2) is 9.44.